The van der Waals surface area contributed by atoms with Gasteiger partial charge < -0.3 is 15.5 Å². The van der Waals surface area contributed by atoms with Crippen molar-refractivity contribution in [1.29, 1.82) is 0 Å². The lowest BCUT2D eigenvalue weighted by Crippen LogP contribution is -2.43. The first-order valence-corrected chi connectivity index (χ1v) is 13.8. The standard InChI is InChI=1S/C29H30N8OS/c1-19-3-8-24(32-28(38)21-6-4-20(5-7-21)17-37-11-9-36(2)10-12-37)14-25(19)33-29-34-26(18-39-29)22-13-23-16-31-35-27(23)30-15-22/h3-8,13-16,18H,9-12,17H2,1-2H3,(H,32,38)(H,33,34)(H,30,31,35). The Kier molecular flexibility index (Phi) is 7.06. The smallest absolute Gasteiger partial charge is 0.255 e. The summed E-state index contributed by atoms with van der Waals surface area (Å²) in [5.74, 6) is -0.130. The number of rotatable bonds is 7. The van der Waals surface area contributed by atoms with Crippen LogP contribution in [-0.4, -0.2) is 69.1 Å². The minimum atomic E-state index is -0.130. The van der Waals surface area contributed by atoms with E-state index in [1.807, 2.05) is 48.7 Å². The molecule has 10 heteroatoms. The third kappa shape index (κ3) is 5.83. The van der Waals surface area contributed by atoms with Crippen LogP contribution in [0.4, 0.5) is 16.5 Å². The van der Waals surface area contributed by atoms with Crippen molar-refractivity contribution in [3.05, 3.63) is 83.0 Å². The molecule has 2 aromatic carbocycles. The van der Waals surface area contributed by atoms with E-state index in [1.54, 1.807) is 12.4 Å². The number of hydrogen-bond acceptors (Lipinski definition) is 8. The number of piperazine rings is 1. The number of thiazole rings is 1. The predicted octanol–water partition coefficient (Wildman–Crippen LogP) is 5.13. The molecule has 0 radical (unpaired) electrons. The molecule has 3 N–H and O–H groups in total. The van der Waals surface area contributed by atoms with Gasteiger partial charge in [-0.25, -0.2) is 9.97 Å². The van der Waals surface area contributed by atoms with Crippen LogP contribution in [0.5, 0.6) is 0 Å². The molecule has 1 fully saturated rings. The SMILES string of the molecule is Cc1ccc(NC(=O)c2ccc(CN3CCN(C)CC3)cc2)cc1Nc1nc(-c2cnc3[nH]ncc3c2)cs1. The highest BCUT2D eigenvalue weighted by molar-refractivity contribution is 7.14. The van der Waals surface area contributed by atoms with Crippen LogP contribution in [0.3, 0.4) is 0 Å². The zero-order chi connectivity index (χ0) is 26.8. The lowest BCUT2D eigenvalue weighted by molar-refractivity contribution is 0.102. The predicted molar refractivity (Wildman–Crippen MR) is 157 cm³/mol. The van der Waals surface area contributed by atoms with Crippen molar-refractivity contribution >= 4 is 44.8 Å². The van der Waals surface area contributed by atoms with Crippen LogP contribution in [-0.2, 0) is 6.54 Å². The van der Waals surface area contributed by atoms with Gasteiger partial charge in [0.1, 0.15) is 0 Å². The molecule has 198 valence electrons. The van der Waals surface area contributed by atoms with Gasteiger partial charge in [-0.05, 0) is 55.4 Å². The van der Waals surface area contributed by atoms with Crippen molar-refractivity contribution < 1.29 is 4.79 Å². The number of fused-ring (bicyclic) bond motifs is 1. The summed E-state index contributed by atoms with van der Waals surface area (Å²) in [4.78, 5) is 26.9. The third-order valence-electron chi connectivity index (χ3n) is 7.05. The molecule has 0 atom stereocenters. The van der Waals surface area contributed by atoms with E-state index in [0.29, 0.717) is 5.56 Å². The molecule has 5 aromatic rings. The summed E-state index contributed by atoms with van der Waals surface area (Å²) in [6.45, 7) is 7.27. The summed E-state index contributed by atoms with van der Waals surface area (Å²) in [7, 11) is 2.16. The van der Waals surface area contributed by atoms with Crippen LogP contribution in [0, 0.1) is 6.92 Å². The van der Waals surface area contributed by atoms with E-state index in [9.17, 15) is 4.79 Å². The van der Waals surface area contributed by atoms with Crippen molar-refractivity contribution in [3.8, 4) is 11.3 Å². The minimum Gasteiger partial charge on any atom is -0.331 e. The van der Waals surface area contributed by atoms with Gasteiger partial charge in [-0.1, -0.05) is 18.2 Å². The number of pyridine rings is 1. The average molecular weight is 539 g/mol. The number of benzene rings is 2. The van der Waals surface area contributed by atoms with E-state index >= 15 is 0 Å². The average Bonchev–Trinajstić information content (AvgIpc) is 3.61. The summed E-state index contributed by atoms with van der Waals surface area (Å²) >= 11 is 1.52. The van der Waals surface area contributed by atoms with Crippen LogP contribution < -0.4 is 10.6 Å². The van der Waals surface area contributed by atoms with Gasteiger partial charge in [0, 0.05) is 72.2 Å². The van der Waals surface area contributed by atoms with Gasteiger partial charge in [0.15, 0.2) is 10.8 Å². The lowest BCUT2D eigenvalue weighted by atomic mass is 10.1. The normalized spacial score (nSPS) is 14.5. The molecule has 1 amide bonds. The molecule has 0 spiro atoms. The van der Waals surface area contributed by atoms with Gasteiger partial charge in [0.2, 0.25) is 0 Å². The number of hydrogen-bond donors (Lipinski definition) is 3. The van der Waals surface area contributed by atoms with E-state index in [2.05, 4.69) is 54.8 Å². The number of aryl methyl sites for hydroxylation is 1. The monoisotopic (exact) mass is 538 g/mol. The van der Waals surface area contributed by atoms with Crippen LogP contribution >= 0.6 is 11.3 Å². The molecular formula is C29H30N8OS. The number of nitrogens with zero attached hydrogens (tertiary/aromatic N) is 5. The molecule has 6 rings (SSSR count). The first-order valence-electron chi connectivity index (χ1n) is 12.9. The largest absolute Gasteiger partial charge is 0.331 e. The molecular weight excluding hydrogens is 508 g/mol. The number of likely N-dealkylation sites (N-methyl/N-ethyl adjacent to an activating group) is 1. The van der Waals surface area contributed by atoms with E-state index in [-0.39, 0.29) is 5.91 Å². The van der Waals surface area contributed by atoms with E-state index < -0.39 is 0 Å². The number of H-pyrrole nitrogens is 1. The van der Waals surface area contributed by atoms with Crippen molar-refractivity contribution in [1.82, 2.24) is 30.0 Å². The lowest BCUT2D eigenvalue weighted by Gasteiger charge is -2.32. The summed E-state index contributed by atoms with van der Waals surface area (Å²) in [5, 5.41) is 17.0. The molecule has 3 aromatic heterocycles. The molecule has 0 bridgehead atoms. The zero-order valence-electron chi connectivity index (χ0n) is 21.9. The highest BCUT2D eigenvalue weighted by Crippen LogP contribution is 2.30. The number of nitrogens with one attached hydrogen (secondary N) is 3. The van der Waals surface area contributed by atoms with Crippen molar-refractivity contribution in [3.63, 3.8) is 0 Å². The molecule has 39 heavy (non-hydrogen) atoms. The number of carbonyl (C=O) groups excluding carboxylic acids is 1. The van der Waals surface area contributed by atoms with Gasteiger partial charge in [-0.3, -0.25) is 14.8 Å². The number of carbonyl (C=O) groups is 1. The minimum absolute atomic E-state index is 0.130. The molecule has 1 aliphatic rings. The fourth-order valence-electron chi connectivity index (χ4n) is 4.62. The van der Waals surface area contributed by atoms with Crippen LogP contribution in [0.2, 0.25) is 0 Å². The quantitative estimate of drug-likeness (QED) is 0.264. The first-order chi connectivity index (χ1) is 19.0. The van der Waals surface area contributed by atoms with Gasteiger partial charge in [0.25, 0.3) is 5.91 Å². The Balaban J connectivity index is 1.10. The highest BCUT2D eigenvalue weighted by Gasteiger charge is 2.15. The molecule has 4 heterocycles. The summed E-state index contributed by atoms with van der Waals surface area (Å²) in [6, 6.07) is 15.8. The second-order valence-electron chi connectivity index (χ2n) is 9.95. The first kappa shape index (κ1) is 25.2. The van der Waals surface area contributed by atoms with Gasteiger partial charge in [0.05, 0.1) is 11.9 Å². The topological polar surface area (TPSA) is 102 Å². The van der Waals surface area contributed by atoms with Crippen LogP contribution in [0.15, 0.2) is 66.3 Å². The summed E-state index contributed by atoms with van der Waals surface area (Å²) in [5.41, 5.74) is 7.06. The van der Waals surface area contributed by atoms with Gasteiger partial charge in [-0.15, -0.1) is 11.3 Å². The molecule has 1 saturated heterocycles. The highest BCUT2D eigenvalue weighted by atomic mass is 32.1. The van der Waals surface area contributed by atoms with E-state index in [4.69, 9.17) is 4.98 Å². The second kappa shape index (κ2) is 10.9. The maximum absolute atomic E-state index is 13.0. The van der Waals surface area contributed by atoms with Gasteiger partial charge in [-0.2, -0.15) is 5.10 Å². The fourth-order valence-corrected chi connectivity index (χ4v) is 5.35. The number of amides is 1. The molecule has 0 unspecified atom stereocenters. The molecule has 9 nitrogen and oxygen atoms in total. The Hall–Kier alpha value is -4.12. The number of anilines is 3. The molecule has 0 saturated carbocycles. The molecule has 1 aliphatic heterocycles. The Morgan fingerprint density at radius 3 is 2.69 bits per heavy atom. The molecule has 0 aliphatic carbocycles. The van der Waals surface area contributed by atoms with E-state index in [0.717, 1.165) is 77.1 Å². The number of aromatic nitrogens is 4. The van der Waals surface area contributed by atoms with Crippen molar-refractivity contribution in [2.24, 2.45) is 0 Å². The van der Waals surface area contributed by atoms with E-state index in [1.165, 1.54) is 16.9 Å². The Morgan fingerprint density at radius 1 is 1.05 bits per heavy atom. The van der Waals surface area contributed by atoms with Crippen molar-refractivity contribution in [2.75, 3.05) is 43.9 Å². The third-order valence-corrected chi connectivity index (χ3v) is 7.80. The summed E-state index contributed by atoms with van der Waals surface area (Å²) in [6.07, 6.45) is 3.54. The van der Waals surface area contributed by atoms with Crippen LogP contribution in [0.25, 0.3) is 22.3 Å². The maximum Gasteiger partial charge on any atom is 0.255 e. The van der Waals surface area contributed by atoms with Gasteiger partial charge >= 0.3 is 0 Å². The second-order valence-corrected chi connectivity index (χ2v) is 10.8. The summed E-state index contributed by atoms with van der Waals surface area (Å²) < 4.78 is 0. The number of aromatic amines is 1. The Morgan fingerprint density at radius 2 is 1.87 bits per heavy atom. The fraction of sp³-hybridized carbons (Fsp3) is 0.241. The Bertz CT molecular complexity index is 1600. The Labute approximate surface area is 230 Å². The maximum atomic E-state index is 13.0. The van der Waals surface area contributed by atoms with Crippen molar-refractivity contribution in [2.45, 2.75) is 13.5 Å². The zero-order valence-corrected chi connectivity index (χ0v) is 22.8. The van der Waals surface area contributed by atoms with Crippen LogP contribution in [0.1, 0.15) is 21.5 Å².